The molecule has 7 heteroatoms. The summed E-state index contributed by atoms with van der Waals surface area (Å²) in [5, 5.41) is 14.0. The van der Waals surface area contributed by atoms with Crippen molar-refractivity contribution in [3.63, 3.8) is 0 Å². The third-order valence-electron chi connectivity index (χ3n) is 2.60. The number of amides is 2. The Morgan fingerprint density at radius 3 is 2.67 bits per heavy atom. The van der Waals surface area contributed by atoms with Gasteiger partial charge in [-0.3, -0.25) is 0 Å². The second kappa shape index (κ2) is 9.02. The fraction of sp³-hybridized carbons (Fsp3) is 0.571. The van der Waals surface area contributed by atoms with Gasteiger partial charge in [0.25, 0.3) is 0 Å². The first-order valence-electron chi connectivity index (χ1n) is 6.94. The molecule has 1 aromatic heterocycles. The van der Waals surface area contributed by atoms with Gasteiger partial charge >= 0.3 is 12.0 Å². The molecule has 0 aliphatic rings. The van der Waals surface area contributed by atoms with Crippen molar-refractivity contribution >= 4 is 12.0 Å². The maximum Gasteiger partial charge on any atom is 0.371 e. The van der Waals surface area contributed by atoms with Crippen LogP contribution in [0.25, 0.3) is 0 Å². The van der Waals surface area contributed by atoms with Crippen molar-refractivity contribution in [1.82, 2.24) is 10.6 Å². The van der Waals surface area contributed by atoms with Gasteiger partial charge in [0.05, 0.1) is 12.6 Å². The maximum atomic E-state index is 11.5. The highest BCUT2D eigenvalue weighted by atomic mass is 16.5. The number of rotatable bonds is 9. The molecule has 0 aromatic carbocycles. The smallest absolute Gasteiger partial charge is 0.371 e. The summed E-state index contributed by atoms with van der Waals surface area (Å²) in [6.45, 7) is 5.36. The Hall–Kier alpha value is -2.02. The van der Waals surface area contributed by atoms with Crippen LogP contribution in [-0.4, -0.2) is 36.4 Å². The molecule has 0 radical (unpaired) electrons. The van der Waals surface area contributed by atoms with Crippen LogP contribution in [0.1, 0.15) is 43.0 Å². The molecule has 0 unspecified atom stereocenters. The van der Waals surface area contributed by atoms with Gasteiger partial charge in [-0.15, -0.1) is 0 Å². The lowest BCUT2D eigenvalue weighted by Crippen LogP contribution is -2.35. The van der Waals surface area contributed by atoms with Crippen LogP contribution < -0.4 is 10.6 Å². The predicted octanol–water partition coefficient (Wildman–Crippen LogP) is 1.98. The molecule has 1 heterocycles. The van der Waals surface area contributed by atoms with Crippen LogP contribution in [0.3, 0.4) is 0 Å². The molecule has 3 N–H and O–H groups in total. The molecule has 2 amide bonds. The molecule has 1 rings (SSSR count). The first-order chi connectivity index (χ1) is 9.99. The first kappa shape index (κ1) is 17.0. The molecule has 0 saturated heterocycles. The topological polar surface area (TPSA) is 101 Å². The highest BCUT2D eigenvalue weighted by Crippen LogP contribution is 2.07. The second-order valence-electron chi connectivity index (χ2n) is 4.81. The Morgan fingerprint density at radius 1 is 1.29 bits per heavy atom. The Bertz CT molecular complexity index is 456. The molecular formula is C14H22N2O5. The van der Waals surface area contributed by atoms with Crippen LogP contribution in [0.15, 0.2) is 16.5 Å². The van der Waals surface area contributed by atoms with Gasteiger partial charge in [-0.2, -0.15) is 0 Å². The van der Waals surface area contributed by atoms with Gasteiger partial charge in [-0.1, -0.05) is 0 Å². The molecule has 0 atom stereocenters. The lowest BCUT2D eigenvalue weighted by Gasteiger charge is -2.08. The van der Waals surface area contributed by atoms with Gasteiger partial charge in [0.15, 0.2) is 0 Å². The monoisotopic (exact) mass is 298 g/mol. The molecule has 0 fully saturated rings. The molecule has 118 valence electrons. The van der Waals surface area contributed by atoms with Crippen LogP contribution in [0, 0.1) is 0 Å². The van der Waals surface area contributed by atoms with E-state index in [9.17, 15) is 9.59 Å². The van der Waals surface area contributed by atoms with Crippen molar-refractivity contribution < 1.29 is 23.8 Å². The molecule has 21 heavy (non-hydrogen) atoms. The minimum atomic E-state index is -1.13. The number of furan rings is 1. The average Bonchev–Trinajstić information content (AvgIpc) is 2.89. The van der Waals surface area contributed by atoms with Crippen LogP contribution in [-0.2, 0) is 11.3 Å². The molecule has 0 aliphatic carbocycles. The minimum Gasteiger partial charge on any atom is -0.475 e. The number of hydrogen-bond acceptors (Lipinski definition) is 4. The van der Waals surface area contributed by atoms with Gasteiger partial charge in [0, 0.05) is 13.2 Å². The van der Waals surface area contributed by atoms with Gasteiger partial charge < -0.3 is 24.9 Å². The van der Waals surface area contributed by atoms with Gasteiger partial charge in [-0.05, 0) is 38.8 Å². The van der Waals surface area contributed by atoms with E-state index in [-0.39, 0.29) is 24.4 Å². The summed E-state index contributed by atoms with van der Waals surface area (Å²) in [6, 6.07) is 2.56. The number of ether oxygens (including phenoxy) is 1. The molecule has 0 aliphatic heterocycles. The molecule has 0 saturated carbocycles. The molecule has 7 nitrogen and oxygen atoms in total. The van der Waals surface area contributed by atoms with E-state index in [1.165, 1.54) is 12.1 Å². The number of carboxylic acid groups (broad SMARTS) is 1. The molecule has 1 aromatic rings. The summed E-state index contributed by atoms with van der Waals surface area (Å²) in [7, 11) is 0. The summed E-state index contributed by atoms with van der Waals surface area (Å²) < 4.78 is 10.4. The lowest BCUT2D eigenvalue weighted by atomic mass is 10.3. The zero-order valence-electron chi connectivity index (χ0n) is 12.3. The number of urea groups is 1. The second-order valence-corrected chi connectivity index (χ2v) is 4.81. The van der Waals surface area contributed by atoms with E-state index in [1.54, 1.807) is 0 Å². The quantitative estimate of drug-likeness (QED) is 0.605. The van der Waals surface area contributed by atoms with E-state index in [4.69, 9.17) is 14.3 Å². The Labute approximate surface area is 123 Å². The third kappa shape index (κ3) is 7.36. The Kier molecular flexibility index (Phi) is 7.31. The number of carbonyl (C=O) groups is 2. The molecule has 0 bridgehead atoms. The highest BCUT2D eigenvalue weighted by Gasteiger charge is 2.09. The molecular weight excluding hydrogens is 276 g/mol. The lowest BCUT2D eigenvalue weighted by molar-refractivity contribution is 0.0660. The van der Waals surface area contributed by atoms with E-state index in [0.29, 0.717) is 18.9 Å². The standard InChI is InChI=1S/C14H22N2O5/c1-10(2)20-8-4-3-7-15-14(19)16-9-11-5-6-12(21-11)13(17)18/h5-6,10H,3-4,7-9H2,1-2H3,(H,17,18)(H2,15,16,19). The number of unbranched alkanes of at least 4 members (excludes halogenated alkanes) is 1. The Balaban J connectivity index is 2.09. The van der Waals surface area contributed by atoms with E-state index >= 15 is 0 Å². The first-order valence-corrected chi connectivity index (χ1v) is 6.94. The van der Waals surface area contributed by atoms with E-state index in [0.717, 1.165) is 12.8 Å². The van der Waals surface area contributed by atoms with Gasteiger partial charge in [0.1, 0.15) is 5.76 Å². The summed E-state index contributed by atoms with van der Waals surface area (Å²) in [5.74, 6) is -0.875. The van der Waals surface area contributed by atoms with Gasteiger partial charge in [0.2, 0.25) is 5.76 Å². The van der Waals surface area contributed by atoms with Crippen molar-refractivity contribution in [3.8, 4) is 0 Å². The van der Waals surface area contributed by atoms with Crippen molar-refractivity contribution in [2.24, 2.45) is 0 Å². The summed E-state index contributed by atoms with van der Waals surface area (Å²) in [5.41, 5.74) is 0. The number of aromatic carboxylic acids is 1. The van der Waals surface area contributed by atoms with Crippen molar-refractivity contribution in [2.45, 2.75) is 39.3 Å². The van der Waals surface area contributed by atoms with Crippen LogP contribution in [0.4, 0.5) is 4.79 Å². The number of carbonyl (C=O) groups excluding carboxylic acids is 1. The Morgan fingerprint density at radius 2 is 2.05 bits per heavy atom. The van der Waals surface area contributed by atoms with Crippen LogP contribution in [0.2, 0.25) is 0 Å². The maximum absolute atomic E-state index is 11.5. The number of hydrogen-bond donors (Lipinski definition) is 3. The zero-order chi connectivity index (χ0) is 15.7. The fourth-order valence-corrected chi connectivity index (χ4v) is 1.57. The van der Waals surface area contributed by atoms with Gasteiger partial charge in [-0.25, -0.2) is 9.59 Å². The summed E-state index contributed by atoms with van der Waals surface area (Å²) >= 11 is 0. The largest absolute Gasteiger partial charge is 0.475 e. The third-order valence-corrected chi connectivity index (χ3v) is 2.60. The average molecular weight is 298 g/mol. The fourth-order valence-electron chi connectivity index (χ4n) is 1.57. The highest BCUT2D eigenvalue weighted by molar-refractivity contribution is 5.84. The number of carboxylic acids is 1. The van der Waals surface area contributed by atoms with E-state index in [1.807, 2.05) is 13.8 Å². The van der Waals surface area contributed by atoms with E-state index < -0.39 is 5.97 Å². The van der Waals surface area contributed by atoms with Crippen molar-refractivity contribution in [3.05, 3.63) is 23.7 Å². The van der Waals surface area contributed by atoms with Crippen LogP contribution >= 0.6 is 0 Å². The predicted molar refractivity (Wildman–Crippen MR) is 76.2 cm³/mol. The van der Waals surface area contributed by atoms with Crippen molar-refractivity contribution in [2.75, 3.05) is 13.2 Å². The summed E-state index contributed by atoms with van der Waals surface area (Å²) in [6.07, 6.45) is 1.95. The SMILES string of the molecule is CC(C)OCCCCNC(=O)NCc1ccc(C(=O)O)o1. The molecule has 0 spiro atoms. The number of nitrogens with one attached hydrogen (secondary N) is 2. The van der Waals surface area contributed by atoms with Crippen LogP contribution in [0.5, 0.6) is 0 Å². The zero-order valence-corrected chi connectivity index (χ0v) is 12.3. The normalized spacial score (nSPS) is 10.6. The minimum absolute atomic E-state index is 0.141. The van der Waals surface area contributed by atoms with Crippen molar-refractivity contribution in [1.29, 1.82) is 0 Å². The summed E-state index contributed by atoms with van der Waals surface area (Å²) in [4.78, 5) is 22.1. The van der Waals surface area contributed by atoms with E-state index in [2.05, 4.69) is 10.6 Å².